The summed E-state index contributed by atoms with van der Waals surface area (Å²) in [5, 5.41) is 12.4. The molecule has 1 aliphatic rings. The first kappa shape index (κ1) is 19.9. The second kappa shape index (κ2) is 8.61. The highest BCUT2D eigenvalue weighted by Gasteiger charge is 2.17. The van der Waals surface area contributed by atoms with Crippen LogP contribution in [0.25, 0.3) is 16.8 Å². The SMILES string of the molecule is Fc1c(-c2ccnc(NC3CCOCC3)c2)ccn2c(Cc3ccc(Cl)cc3)nnc12. The Hall–Kier alpha value is -3.03. The number of pyridine rings is 2. The lowest BCUT2D eigenvalue weighted by molar-refractivity contribution is 0.0904. The average Bonchev–Trinajstić information content (AvgIpc) is 3.20. The highest BCUT2D eigenvalue weighted by molar-refractivity contribution is 6.30. The molecule has 4 heterocycles. The Labute approximate surface area is 184 Å². The third-order valence-corrected chi connectivity index (χ3v) is 5.76. The van der Waals surface area contributed by atoms with E-state index in [0.717, 1.165) is 43.0 Å². The molecule has 8 heteroatoms. The number of nitrogens with one attached hydrogen (secondary N) is 1. The summed E-state index contributed by atoms with van der Waals surface area (Å²) in [7, 11) is 0. The number of fused-ring (bicyclic) bond motifs is 1. The van der Waals surface area contributed by atoms with Crippen LogP contribution in [0.1, 0.15) is 24.2 Å². The molecule has 0 aliphatic carbocycles. The van der Waals surface area contributed by atoms with Crippen molar-refractivity contribution in [2.75, 3.05) is 18.5 Å². The van der Waals surface area contributed by atoms with Gasteiger partial charge in [-0.2, -0.15) is 0 Å². The number of nitrogens with zero attached hydrogens (tertiary/aromatic N) is 4. The molecule has 5 rings (SSSR count). The van der Waals surface area contributed by atoms with E-state index in [0.29, 0.717) is 28.9 Å². The van der Waals surface area contributed by atoms with Crippen molar-refractivity contribution in [3.05, 3.63) is 77.1 Å². The summed E-state index contributed by atoms with van der Waals surface area (Å²) >= 11 is 5.95. The van der Waals surface area contributed by atoms with Crippen molar-refractivity contribution >= 4 is 23.1 Å². The van der Waals surface area contributed by atoms with Gasteiger partial charge in [-0.1, -0.05) is 23.7 Å². The standard InChI is InChI=1S/C23H21ClFN5O/c24-17-3-1-15(2-4-17)13-21-28-29-23-22(25)19(6-10-30(21)23)16-5-9-26-20(14-16)27-18-7-11-31-12-8-18/h1-6,9-10,14,18H,7-8,11-13H2,(H,26,27). The second-order valence-corrected chi connectivity index (χ2v) is 8.05. The number of hydrogen-bond donors (Lipinski definition) is 1. The first-order chi connectivity index (χ1) is 15.2. The highest BCUT2D eigenvalue weighted by atomic mass is 35.5. The number of rotatable bonds is 5. The number of ether oxygens (including phenoxy) is 1. The van der Waals surface area contributed by atoms with Crippen LogP contribution < -0.4 is 5.32 Å². The van der Waals surface area contributed by atoms with Crippen molar-refractivity contribution in [2.45, 2.75) is 25.3 Å². The zero-order valence-corrected chi connectivity index (χ0v) is 17.5. The smallest absolute Gasteiger partial charge is 0.197 e. The molecule has 4 aromatic rings. The fourth-order valence-corrected chi connectivity index (χ4v) is 3.96. The molecular weight excluding hydrogens is 417 g/mol. The molecule has 0 atom stereocenters. The highest BCUT2D eigenvalue weighted by Crippen LogP contribution is 2.27. The summed E-state index contributed by atoms with van der Waals surface area (Å²) in [6, 6.07) is 13.3. The van der Waals surface area contributed by atoms with Crippen molar-refractivity contribution in [2.24, 2.45) is 0 Å². The Morgan fingerprint density at radius 3 is 2.71 bits per heavy atom. The van der Waals surface area contributed by atoms with Crippen molar-refractivity contribution in [1.82, 2.24) is 19.6 Å². The maximum Gasteiger partial charge on any atom is 0.197 e. The molecule has 31 heavy (non-hydrogen) atoms. The van der Waals surface area contributed by atoms with Crippen LogP contribution >= 0.6 is 11.6 Å². The number of benzene rings is 1. The van der Waals surface area contributed by atoms with Gasteiger partial charge in [0.15, 0.2) is 11.5 Å². The van der Waals surface area contributed by atoms with Gasteiger partial charge in [0, 0.05) is 48.7 Å². The summed E-state index contributed by atoms with van der Waals surface area (Å²) in [6.07, 6.45) is 5.90. The van der Waals surface area contributed by atoms with Crippen LogP contribution in [-0.4, -0.2) is 38.8 Å². The van der Waals surface area contributed by atoms with Crippen LogP contribution in [0.4, 0.5) is 10.2 Å². The summed E-state index contributed by atoms with van der Waals surface area (Å²) < 4.78 is 22.4. The quantitative estimate of drug-likeness (QED) is 0.487. The van der Waals surface area contributed by atoms with Crippen LogP contribution in [0.3, 0.4) is 0 Å². The van der Waals surface area contributed by atoms with E-state index in [1.165, 1.54) is 0 Å². The summed E-state index contributed by atoms with van der Waals surface area (Å²) in [5.41, 5.74) is 2.44. The molecule has 1 aromatic carbocycles. The normalized spacial score (nSPS) is 14.8. The Bertz CT molecular complexity index is 1200. The zero-order valence-electron chi connectivity index (χ0n) is 16.8. The molecule has 0 spiro atoms. The Morgan fingerprint density at radius 1 is 1.10 bits per heavy atom. The lowest BCUT2D eigenvalue weighted by Crippen LogP contribution is -2.28. The molecule has 1 saturated heterocycles. The average molecular weight is 438 g/mol. The first-order valence-electron chi connectivity index (χ1n) is 10.2. The molecule has 1 fully saturated rings. The lowest BCUT2D eigenvalue weighted by Gasteiger charge is -2.23. The summed E-state index contributed by atoms with van der Waals surface area (Å²) in [4.78, 5) is 4.39. The zero-order chi connectivity index (χ0) is 21.2. The number of anilines is 1. The van der Waals surface area contributed by atoms with Gasteiger partial charge in [0.1, 0.15) is 11.6 Å². The minimum atomic E-state index is -0.402. The van der Waals surface area contributed by atoms with Crippen molar-refractivity contribution in [1.29, 1.82) is 0 Å². The molecule has 1 N–H and O–H groups in total. The third-order valence-electron chi connectivity index (χ3n) is 5.51. The van der Waals surface area contributed by atoms with E-state index >= 15 is 4.39 Å². The second-order valence-electron chi connectivity index (χ2n) is 7.62. The van der Waals surface area contributed by atoms with Crippen molar-refractivity contribution < 1.29 is 9.13 Å². The molecule has 0 radical (unpaired) electrons. The topological polar surface area (TPSA) is 64.3 Å². The number of aromatic nitrogens is 4. The molecule has 0 bridgehead atoms. The van der Waals surface area contributed by atoms with Gasteiger partial charge in [0.2, 0.25) is 0 Å². The molecule has 6 nitrogen and oxygen atoms in total. The summed E-state index contributed by atoms with van der Waals surface area (Å²) in [5.74, 6) is 0.994. The monoisotopic (exact) mass is 437 g/mol. The van der Waals surface area contributed by atoms with Gasteiger partial charge in [-0.15, -0.1) is 10.2 Å². The Morgan fingerprint density at radius 2 is 1.90 bits per heavy atom. The largest absolute Gasteiger partial charge is 0.381 e. The van der Waals surface area contributed by atoms with Gasteiger partial charge in [0.05, 0.1) is 0 Å². The molecule has 3 aromatic heterocycles. The van der Waals surface area contributed by atoms with Crippen molar-refractivity contribution in [3.63, 3.8) is 0 Å². The molecular formula is C23H21ClFN5O. The third kappa shape index (κ3) is 4.24. The van der Waals surface area contributed by atoms with Crippen LogP contribution in [0, 0.1) is 5.82 Å². The predicted molar refractivity (Wildman–Crippen MR) is 118 cm³/mol. The van der Waals surface area contributed by atoms with E-state index in [1.807, 2.05) is 36.5 Å². The van der Waals surface area contributed by atoms with Crippen molar-refractivity contribution in [3.8, 4) is 11.1 Å². The van der Waals surface area contributed by atoms with Crippen LogP contribution in [0.15, 0.2) is 54.9 Å². The fourth-order valence-electron chi connectivity index (χ4n) is 3.83. The van der Waals surface area contributed by atoms with E-state index in [9.17, 15) is 0 Å². The molecule has 0 unspecified atom stereocenters. The molecule has 158 valence electrons. The van der Waals surface area contributed by atoms with E-state index in [4.69, 9.17) is 16.3 Å². The first-order valence-corrected chi connectivity index (χ1v) is 10.6. The van der Waals surface area contributed by atoms with Gasteiger partial charge in [-0.3, -0.25) is 4.40 Å². The summed E-state index contributed by atoms with van der Waals surface area (Å²) in [6.45, 7) is 1.49. The van der Waals surface area contributed by atoms with Crippen LogP contribution in [0.2, 0.25) is 5.02 Å². The van der Waals surface area contributed by atoms with E-state index in [2.05, 4.69) is 20.5 Å². The lowest BCUT2D eigenvalue weighted by atomic mass is 10.1. The van der Waals surface area contributed by atoms with Crippen LogP contribution in [0.5, 0.6) is 0 Å². The molecule has 0 saturated carbocycles. The van der Waals surface area contributed by atoms with Gasteiger partial charge >= 0.3 is 0 Å². The van der Waals surface area contributed by atoms with E-state index < -0.39 is 5.82 Å². The van der Waals surface area contributed by atoms with Gasteiger partial charge in [0.25, 0.3) is 0 Å². The van der Waals surface area contributed by atoms with E-state index in [-0.39, 0.29) is 5.65 Å². The minimum Gasteiger partial charge on any atom is -0.381 e. The molecule has 1 aliphatic heterocycles. The predicted octanol–water partition coefficient (Wildman–Crippen LogP) is 4.77. The van der Waals surface area contributed by atoms with Crippen LogP contribution in [-0.2, 0) is 11.2 Å². The van der Waals surface area contributed by atoms with Gasteiger partial charge in [-0.05, 0) is 54.3 Å². The molecule has 0 amide bonds. The number of hydrogen-bond acceptors (Lipinski definition) is 5. The number of halogens is 2. The van der Waals surface area contributed by atoms with E-state index in [1.54, 1.807) is 22.7 Å². The Balaban J connectivity index is 1.42. The maximum absolute atomic E-state index is 15.4. The van der Waals surface area contributed by atoms with Gasteiger partial charge < -0.3 is 10.1 Å². The maximum atomic E-state index is 15.4. The fraction of sp³-hybridized carbons (Fsp3) is 0.261. The van der Waals surface area contributed by atoms with Gasteiger partial charge in [-0.25, -0.2) is 9.37 Å². The Kier molecular flexibility index (Phi) is 5.53. The minimum absolute atomic E-state index is 0.206.